The first-order valence-electron chi connectivity index (χ1n) is 5.21. The van der Waals surface area contributed by atoms with E-state index < -0.39 is 15.6 Å². The molecule has 0 heterocycles. The van der Waals surface area contributed by atoms with Crippen LogP contribution in [0, 0.1) is 6.92 Å². The molecule has 0 amide bonds. The van der Waals surface area contributed by atoms with Gasteiger partial charge >= 0.3 is 15.6 Å². The molecule has 0 aromatic heterocycles. The Labute approximate surface area is 107 Å². The molecule has 7 heteroatoms. The third kappa shape index (κ3) is 2.65. The maximum Gasteiger partial charge on any atom is 0.534 e. The average Bonchev–Trinajstić information content (AvgIpc) is 2.28. The molecule has 0 spiro atoms. The van der Waals surface area contributed by atoms with E-state index in [0.717, 1.165) is 5.39 Å². The van der Waals surface area contributed by atoms with Crippen LogP contribution in [-0.4, -0.2) is 13.9 Å². The highest BCUT2D eigenvalue weighted by Gasteiger charge is 2.48. The first-order valence-corrected chi connectivity index (χ1v) is 6.62. The standard InChI is InChI=1S/C12H9F3O3S/c1-8-6-9-4-2-3-5-10(9)7-11(8)18-19(16,17)12(13,14)15/h2-7H,1H3. The summed E-state index contributed by atoms with van der Waals surface area (Å²) < 4.78 is 62.8. The minimum absolute atomic E-state index is 0.312. The van der Waals surface area contributed by atoms with Crippen LogP contribution in [0.15, 0.2) is 36.4 Å². The third-order valence-corrected chi connectivity index (χ3v) is 3.49. The Bertz CT molecular complexity index is 721. The van der Waals surface area contributed by atoms with Gasteiger partial charge in [0.2, 0.25) is 0 Å². The maximum absolute atomic E-state index is 12.3. The summed E-state index contributed by atoms with van der Waals surface area (Å²) in [7, 11) is -5.64. The number of alkyl halides is 3. The van der Waals surface area contributed by atoms with Crippen molar-refractivity contribution in [3.63, 3.8) is 0 Å². The second-order valence-electron chi connectivity index (χ2n) is 3.95. The molecule has 0 saturated heterocycles. The zero-order chi connectivity index (χ0) is 14.3. The Morgan fingerprint density at radius 1 is 1.05 bits per heavy atom. The summed E-state index contributed by atoms with van der Waals surface area (Å²) >= 11 is 0. The zero-order valence-electron chi connectivity index (χ0n) is 9.73. The summed E-state index contributed by atoms with van der Waals surface area (Å²) in [5.41, 5.74) is -5.13. The first kappa shape index (κ1) is 13.7. The van der Waals surface area contributed by atoms with Gasteiger partial charge in [0, 0.05) is 0 Å². The third-order valence-electron chi connectivity index (χ3n) is 2.53. The topological polar surface area (TPSA) is 43.4 Å². The van der Waals surface area contributed by atoms with E-state index in [2.05, 4.69) is 4.18 Å². The monoisotopic (exact) mass is 290 g/mol. The average molecular weight is 290 g/mol. The predicted octanol–water partition coefficient (Wildman–Crippen LogP) is 3.38. The van der Waals surface area contributed by atoms with Crippen molar-refractivity contribution in [3.8, 4) is 5.75 Å². The smallest absolute Gasteiger partial charge is 0.376 e. The van der Waals surface area contributed by atoms with Gasteiger partial charge < -0.3 is 4.18 Å². The molecule has 0 unspecified atom stereocenters. The van der Waals surface area contributed by atoms with Crippen LogP contribution >= 0.6 is 0 Å². The maximum atomic E-state index is 12.3. The number of aryl methyl sites for hydroxylation is 1. The van der Waals surface area contributed by atoms with Gasteiger partial charge in [-0.1, -0.05) is 24.3 Å². The van der Waals surface area contributed by atoms with Crippen LogP contribution in [0.5, 0.6) is 5.75 Å². The summed E-state index contributed by atoms with van der Waals surface area (Å²) in [6.45, 7) is 1.48. The van der Waals surface area contributed by atoms with E-state index in [9.17, 15) is 21.6 Å². The fourth-order valence-electron chi connectivity index (χ4n) is 1.59. The molecule has 3 nitrogen and oxygen atoms in total. The van der Waals surface area contributed by atoms with Crippen LogP contribution in [0.4, 0.5) is 13.2 Å². The molecule has 0 aliphatic heterocycles. The molecule has 2 aromatic rings. The van der Waals surface area contributed by atoms with E-state index in [-0.39, 0.29) is 5.75 Å². The fraction of sp³-hybridized carbons (Fsp3) is 0.167. The van der Waals surface area contributed by atoms with Gasteiger partial charge in [-0.2, -0.15) is 21.6 Å². The van der Waals surface area contributed by atoms with E-state index in [1.165, 1.54) is 13.0 Å². The van der Waals surface area contributed by atoms with Gasteiger partial charge in [0.25, 0.3) is 0 Å². The highest BCUT2D eigenvalue weighted by Crippen LogP contribution is 2.31. The summed E-state index contributed by atoms with van der Waals surface area (Å²) in [5, 5.41) is 1.39. The number of halogens is 3. The highest BCUT2D eigenvalue weighted by molar-refractivity contribution is 7.88. The van der Waals surface area contributed by atoms with Crippen molar-refractivity contribution in [1.29, 1.82) is 0 Å². The molecular weight excluding hydrogens is 281 g/mol. The quantitative estimate of drug-likeness (QED) is 0.629. The molecule has 0 fully saturated rings. The van der Waals surface area contributed by atoms with Gasteiger partial charge in [-0.3, -0.25) is 0 Å². The Balaban J connectivity index is 2.50. The highest BCUT2D eigenvalue weighted by atomic mass is 32.2. The Hall–Kier alpha value is -1.76. The minimum Gasteiger partial charge on any atom is -0.376 e. The second-order valence-corrected chi connectivity index (χ2v) is 5.49. The number of rotatable bonds is 2. The van der Waals surface area contributed by atoms with Crippen molar-refractivity contribution in [2.45, 2.75) is 12.4 Å². The van der Waals surface area contributed by atoms with Gasteiger partial charge in [0.05, 0.1) is 0 Å². The summed E-state index contributed by atoms with van der Waals surface area (Å²) in [6.07, 6.45) is 0. The predicted molar refractivity (Wildman–Crippen MR) is 64.3 cm³/mol. The summed E-state index contributed by atoms with van der Waals surface area (Å²) in [6, 6.07) is 9.73. The second kappa shape index (κ2) is 4.41. The van der Waals surface area contributed by atoms with Crippen molar-refractivity contribution in [1.82, 2.24) is 0 Å². The molecule has 0 bridgehead atoms. The lowest BCUT2D eigenvalue weighted by molar-refractivity contribution is -0.0500. The molecule has 0 aliphatic carbocycles. The van der Waals surface area contributed by atoms with E-state index >= 15 is 0 Å². The Morgan fingerprint density at radius 2 is 1.58 bits per heavy atom. The van der Waals surface area contributed by atoms with Crippen molar-refractivity contribution in [2.75, 3.05) is 0 Å². The molecule has 102 valence electrons. The van der Waals surface area contributed by atoms with Gasteiger partial charge in [0.15, 0.2) is 0 Å². The molecule has 0 saturated carbocycles. The zero-order valence-corrected chi connectivity index (χ0v) is 10.5. The van der Waals surface area contributed by atoms with Crippen molar-refractivity contribution < 1.29 is 25.8 Å². The minimum atomic E-state index is -5.64. The van der Waals surface area contributed by atoms with E-state index in [4.69, 9.17) is 0 Å². The molecule has 0 radical (unpaired) electrons. The van der Waals surface area contributed by atoms with E-state index in [0.29, 0.717) is 10.9 Å². The fourth-order valence-corrected chi connectivity index (χ4v) is 2.10. The molecule has 0 aliphatic rings. The van der Waals surface area contributed by atoms with Gasteiger partial charge in [-0.25, -0.2) is 0 Å². The molecule has 0 atom stereocenters. The van der Waals surface area contributed by atoms with Crippen molar-refractivity contribution >= 4 is 20.9 Å². The van der Waals surface area contributed by atoms with Crippen molar-refractivity contribution in [3.05, 3.63) is 42.0 Å². The number of hydrogen-bond acceptors (Lipinski definition) is 3. The summed E-state index contributed by atoms with van der Waals surface area (Å²) in [4.78, 5) is 0. The van der Waals surface area contributed by atoms with Crippen LogP contribution in [0.1, 0.15) is 5.56 Å². The lowest BCUT2D eigenvalue weighted by Crippen LogP contribution is -2.28. The lowest BCUT2D eigenvalue weighted by Gasteiger charge is -2.12. The van der Waals surface area contributed by atoms with Crippen LogP contribution < -0.4 is 4.18 Å². The molecule has 0 N–H and O–H groups in total. The van der Waals surface area contributed by atoms with Crippen LogP contribution in [0.3, 0.4) is 0 Å². The molecule has 2 rings (SSSR count). The van der Waals surface area contributed by atoms with Gasteiger partial charge in [-0.15, -0.1) is 0 Å². The Kier molecular flexibility index (Phi) is 3.17. The molecule has 19 heavy (non-hydrogen) atoms. The number of benzene rings is 2. The van der Waals surface area contributed by atoms with Gasteiger partial charge in [0.1, 0.15) is 5.75 Å². The number of fused-ring (bicyclic) bond motifs is 1. The van der Waals surface area contributed by atoms with Crippen molar-refractivity contribution in [2.24, 2.45) is 0 Å². The number of hydrogen-bond donors (Lipinski definition) is 0. The van der Waals surface area contributed by atoms with Crippen LogP contribution in [-0.2, 0) is 10.1 Å². The summed E-state index contributed by atoms with van der Waals surface area (Å²) in [5.74, 6) is -0.323. The lowest BCUT2D eigenvalue weighted by atomic mass is 10.1. The normalized spacial score (nSPS) is 12.6. The largest absolute Gasteiger partial charge is 0.534 e. The first-order chi connectivity index (χ1) is 8.71. The van der Waals surface area contributed by atoms with Crippen LogP contribution in [0.2, 0.25) is 0 Å². The van der Waals surface area contributed by atoms with E-state index in [1.807, 2.05) is 0 Å². The van der Waals surface area contributed by atoms with Gasteiger partial charge in [-0.05, 0) is 35.4 Å². The SMILES string of the molecule is Cc1cc2ccccc2cc1OS(=O)(=O)C(F)(F)F. The molecule has 2 aromatic carbocycles. The van der Waals surface area contributed by atoms with Crippen LogP contribution in [0.25, 0.3) is 10.8 Å². The Morgan fingerprint density at radius 3 is 2.11 bits per heavy atom. The van der Waals surface area contributed by atoms with E-state index in [1.54, 1.807) is 30.3 Å². The molecular formula is C12H9F3O3S.